The summed E-state index contributed by atoms with van der Waals surface area (Å²) in [5.41, 5.74) is 0. The maximum Gasteiger partial charge on any atom is 0.317 e. The van der Waals surface area contributed by atoms with Crippen LogP contribution >= 0.6 is 21.4 Å². The maximum absolute atomic E-state index is 11.9. The molecule has 0 bridgehead atoms. The highest BCUT2D eigenvalue weighted by Crippen LogP contribution is 1.99. The van der Waals surface area contributed by atoms with E-state index in [0.717, 1.165) is 24.3 Å². The van der Waals surface area contributed by atoms with Crippen molar-refractivity contribution in [3.05, 3.63) is 35.9 Å². The summed E-state index contributed by atoms with van der Waals surface area (Å²) in [5.74, 6) is -0.821. The first kappa shape index (κ1) is 12.6. The molecule has 0 unspecified atom stereocenters. The molecule has 1 rings (SSSR count). The number of hydrogen-bond donors (Lipinski definition) is 0. The predicted octanol–water partition coefficient (Wildman–Crippen LogP) is 2.67. The summed E-state index contributed by atoms with van der Waals surface area (Å²) in [5, 5.41) is 0. The molecule has 0 aliphatic carbocycles. The molecule has 0 aliphatic rings. The van der Waals surface area contributed by atoms with E-state index in [1.807, 2.05) is 0 Å². The standard InChI is InChI=1S/C6H4F2.Cl2O2S/c7-5-1-2-6(8)4-3-5;1-5(2,3)4/h1-4H;. The van der Waals surface area contributed by atoms with Gasteiger partial charge in [0.2, 0.25) is 0 Å². The fourth-order valence-corrected chi connectivity index (χ4v) is 0.430. The van der Waals surface area contributed by atoms with Crippen LogP contribution in [-0.2, 0) is 8.26 Å². The van der Waals surface area contributed by atoms with Gasteiger partial charge in [-0.1, -0.05) is 0 Å². The Morgan fingerprint density at radius 3 is 1.23 bits per heavy atom. The molecule has 0 saturated heterocycles. The molecule has 7 heteroatoms. The quantitative estimate of drug-likeness (QED) is 0.662. The lowest BCUT2D eigenvalue weighted by Crippen LogP contribution is -1.72. The molecule has 1 aromatic carbocycles. The zero-order chi connectivity index (χ0) is 10.5. The van der Waals surface area contributed by atoms with Gasteiger partial charge < -0.3 is 0 Å². The Labute approximate surface area is 83.0 Å². The van der Waals surface area contributed by atoms with Crippen LogP contribution in [0.3, 0.4) is 0 Å². The van der Waals surface area contributed by atoms with Crippen LogP contribution in [0, 0.1) is 11.6 Å². The molecule has 0 radical (unpaired) electrons. The van der Waals surface area contributed by atoms with E-state index in [0.29, 0.717) is 0 Å². The highest BCUT2D eigenvalue weighted by molar-refractivity contribution is 8.31. The van der Waals surface area contributed by atoms with Gasteiger partial charge in [0.15, 0.2) is 0 Å². The van der Waals surface area contributed by atoms with Crippen molar-refractivity contribution in [1.82, 2.24) is 0 Å². The van der Waals surface area contributed by atoms with E-state index < -0.39 is 19.9 Å². The maximum atomic E-state index is 11.9. The molecular weight excluding hydrogens is 245 g/mol. The summed E-state index contributed by atoms with van der Waals surface area (Å²) in [7, 11) is 4.81. The van der Waals surface area contributed by atoms with Crippen molar-refractivity contribution in [2.24, 2.45) is 0 Å². The minimum Gasteiger partial charge on any atom is -0.207 e. The van der Waals surface area contributed by atoms with Crippen molar-refractivity contribution in [3.63, 3.8) is 0 Å². The Morgan fingerprint density at radius 1 is 0.923 bits per heavy atom. The van der Waals surface area contributed by atoms with Crippen LogP contribution in [0.5, 0.6) is 0 Å². The molecule has 0 aromatic heterocycles. The zero-order valence-electron chi connectivity index (χ0n) is 6.05. The van der Waals surface area contributed by atoms with Crippen molar-refractivity contribution in [2.75, 3.05) is 0 Å². The predicted molar refractivity (Wildman–Crippen MR) is 47.0 cm³/mol. The van der Waals surface area contributed by atoms with Crippen molar-refractivity contribution in [3.8, 4) is 0 Å². The first-order chi connectivity index (χ1) is 5.79. The lowest BCUT2D eigenvalue weighted by molar-refractivity contribution is 0.600. The largest absolute Gasteiger partial charge is 0.317 e. The molecule has 0 amide bonds. The lowest BCUT2D eigenvalue weighted by Gasteiger charge is -1.83. The number of halogens is 4. The summed E-state index contributed by atoms with van der Waals surface area (Å²) >= 11 is 0. The van der Waals surface area contributed by atoms with Crippen molar-refractivity contribution < 1.29 is 17.2 Å². The SMILES string of the molecule is Fc1ccc(F)cc1.O=S(=O)(Cl)Cl. The first-order valence-corrected chi connectivity index (χ1v) is 5.98. The molecule has 0 saturated carbocycles. The van der Waals surface area contributed by atoms with Crippen molar-refractivity contribution in [2.45, 2.75) is 0 Å². The van der Waals surface area contributed by atoms with E-state index in [9.17, 15) is 8.78 Å². The van der Waals surface area contributed by atoms with Gasteiger partial charge in [0.1, 0.15) is 11.6 Å². The highest BCUT2D eigenvalue weighted by atomic mass is 36.0. The highest BCUT2D eigenvalue weighted by Gasteiger charge is 1.88. The second kappa shape index (κ2) is 5.36. The van der Waals surface area contributed by atoms with Gasteiger partial charge >= 0.3 is 8.26 Å². The average Bonchev–Trinajstić information content (AvgIpc) is 1.92. The average molecular weight is 249 g/mol. The van der Waals surface area contributed by atoms with Gasteiger partial charge in [-0.25, -0.2) is 8.78 Å². The van der Waals surface area contributed by atoms with Gasteiger partial charge in [0.05, 0.1) is 0 Å². The third kappa shape index (κ3) is 11.6. The normalized spacial score (nSPS) is 10.2. The third-order valence-corrected chi connectivity index (χ3v) is 0.804. The third-order valence-electron chi connectivity index (χ3n) is 0.804. The van der Waals surface area contributed by atoms with Gasteiger partial charge in [-0.15, -0.1) is 0 Å². The Hall–Kier alpha value is -0.390. The fourth-order valence-electron chi connectivity index (χ4n) is 0.430. The monoisotopic (exact) mass is 248 g/mol. The Balaban J connectivity index is 0.000000252. The molecule has 0 fully saturated rings. The fraction of sp³-hybridized carbons (Fsp3) is 0. The van der Waals surface area contributed by atoms with Crippen molar-refractivity contribution >= 4 is 29.6 Å². The molecule has 74 valence electrons. The number of benzene rings is 1. The summed E-state index contributed by atoms with van der Waals surface area (Å²) in [4.78, 5) is 0. The summed E-state index contributed by atoms with van der Waals surface area (Å²) in [6.45, 7) is 0. The smallest absolute Gasteiger partial charge is 0.207 e. The van der Waals surface area contributed by atoms with Crippen LogP contribution < -0.4 is 0 Å². The Morgan fingerprint density at radius 2 is 1.08 bits per heavy atom. The molecule has 2 nitrogen and oxygen atoms in total. The minimum atomic E-state index is -3.72. The molecule has 13 heavy (non-hydrogen) atoms. The van der Waals surface area contributed by atoms with Crippen LogP contribution in [0.4, 0.5) is 8.78 Å². The molecule has 1 aromatic rings. The summed E-state index contributed by atoms with van der Waals surface area (Å²) < 4.78 is 42.2. The zero-order valence-corrected chi connectivity index (χ0v) is 8.37. The van der Waals surface area contributed by atoms with Crippen LogP contribution in [0.1, 0.15) is 0 Å². The van der Waals surface area contributed by atoms with E-state index >= 15 is 0 Å². The number of rotatable bonds is 0. The van der Waals surface area contributed by atoms with Crippen LogP contribution in [0.15, 0.2) is 24.3 Å². The molecule has 0 spiro atoms. The van der Waals surface area contributed by atoms with Gasteiger partial charge in [-0.2, -0.15) is 8.42 Å². The van der Waals surface area contributed by atoms with Crippen molar-refractivity contribution in [1.29, 1.82) is 0 Å². The summed E-state index contributed by atoms with van der Waals surface area (Å²) in [6.07, 6.45) is 0. The van der Waals surface area contributed by atoms with E-state index in [4.69, 9.17) is 8.42 Å². The minimum absolute atomic E-state index is 0.411. The van der Waals surface area contributed by atoms with E-state index in [-0.39, 0.29) is 0 Å². The van der Waals surface area contributed by atoms with Crippen LogP contribution in [0.2, 0.25) is 0 Å². The van der Waals surface area contributed by atoms with Gasteiger partial charge in [0, 0.05) is 21.4 Å². The van der Waals surface area contributed by atoms with Gasteiger partial charge in [-0.05, 0) is 24.3 Å². The molecule has 0 atom stereocenters. The lowest BCUT2D eigenvalue weighted by atomic mass is 10.3. The first-order valence-electron chi connectivity index (χ1n) is 2.84. The van der Waals surface area contributed by atoms with E-state index in [1.165, 1.54) is 0 Å². The molecular formula is C6H4Cl2F2O2S. The topological polar surface area (TPSA) is 34.1 Å². The molecule has 0 N–H and O–H groups in total. The second-order valence-electron chi connectivity index (χ2n) is 1.81. The van der Waals surface area contributed by atoms with Crippen LogP contribution in [0.25, 0.3) is 0 Å². The Bertz CT molecular complexity index is 320. The van der Waals surface area contributed by atoms with E-state index in [2.05, 4.69) is 21.4 Å². The second-order valence-corrected chi connectivity index (χ2v) is 5.48. The molecule has 0 aliphatic heterocycles. The summed E-state index contributed by atoms with van der Waals surface area (Å²) in [6, 6.07) is 4.31. The molecule has 0 heterocycles. The van der Waals surface area contributed by atoms with Crippen LogP contribution in [-0.4, -0.2) is 8.42 Å². The van der Waals surface area contributed by atoms with Gasteiger partial charge in [0.25, 0.3) is 0 Å². The van der Waals surface area contributed by atoms with Gasteiger partial charge in [-0.3, -0.25) is 0 Å². The van der Waals surface area contributed by atoms with E-state index in [1.54, 1.807) is 0 Å². The number of hydrogen-bond acceptors (Lipinski definition) is 2. The Kier molecular flexibility index (Phi) is 5.20.